The molecular weight excluding hydrogens is 256 g/mol. The fraction of sp³-hybridized carbons (Fsp3) is 0.455. The Kier molecular flexibility index (Phi) is 4.94. The maximum absolute atomic E-state index is 12.0. The summed E-state index contributed by atoms with van der Waals surface area (Å²) in [5.41, 5.74) is 5.99. The Hall–Kier alpha value is -1.31. The van der Waals surface area contributed by atoms with Gasteiger partial charge in [-0.1, -0.05) is 6.92 Å². The van der Waals surface area contributed by atoms with Crippen molar-refractivity contribution in [3.63, 3.8) is 0 Å². The molecule has 1 aromatic carbocycles. The zero-order valence-electron chi connectivity index (χ0n) is 10.4. The molecule has 0 bridgehead atoms. The van der Waals surface area contributed by atoms with Gasteiger partial charge < -0.3 is 15.6 Å². The minimum Gasteiger partial charge on any atom is -0.495 e. The molecule has 0 heterocycles. The normalized spacial score (nSPS) is 13.3. The number of benzene rings is 1. The van der Waals surface area contributed by atoms with Crippen LogP contribution in [-0.4, -0.2) is 33.8 Å². The molecular formula is C11H18N2O4S. The minimum absolute atomic E-state index is 0.0318. The van der Waals surface area contributed by atoms with Gasteiger partial charge in [-0.05, 0) is 18.1 Å². The van der Waals surface area contributed by atoms with Crippen molar-refractivity contribution in [2.24, 2.45) is 5.92 Å². The van der Waals surface area contributed by atoms with Crippen LogP contribution >= 0.6 is 0 Å². The molecule has 0 spiro atoms. The first-order valence-corrected chi connectivity index (χ1v) is 6.93. The third kappa shape index (κ3) is 3.59. The Balaban J connectivity index is 2.98. The van der Waals surface area contributed by atoms with E-state index < -0.39 is 10.0 Å². The van der Waals surface area contributed by atoms with Crippen molar-refractivity contribution in [2.45, 2.75) is 11.8 Å². The van der Waals surface area contributed by atoms with Gasteiger partial charge in [0.1, 0.15) is 10.6 Å². The van der Waals surface area contributed by atoms with Gasteiger partial charge in [-0.25, -0.2) is 13.1 Å². The van der Waals surface area contributed by atoms with Crippen molar-refractivity contribution >= 4 is 15.7 Å². The third-order valence-corrected chi connectivity index (χ3v) is 3.87. The highest BCUT2D eigenvalue weighted by Gasteiger charge is 2.19. The summed E-state index contributed by atoms with van der Waals surface area (Å²) in [4.78, 5) is 0.0318. The van der Waals surface area contributed by atoms with Crippen molar-refractivity contribution in [2.75, 3.05) is 26.0 Å². The molecule has 0 saturated heterocycles. The van der Waals surface area contributed by atoms with E-state index in [1.165, 1.54) is 25.3 Å². The number of hydrogen-bond acceptors (Lipinski definition) is 5. The van der Waals surface area contributed by atoms with Crippen molar-refractivity contribution in [1.29, 1.82) is 0 Å². The summed E-state index contributed by atoms with van der Waals surface area (Å²) in [6, 6.07) is 4.33. The van der Waals surface area contributed by atoms with Gasteiger partial charge in [-0.15, -0.1) is 0 Å². The van der Waals surface area contributed by atoms with Crippen LogP contribution in [0.3, 0.4) is 0 Å². The largest absolute Gasteiger partial charge is 0.495 e. The van der Waals surface area contributed by atoms with Gasteiger partial charge in [0.2, 0.25) is 10.0 Å². The number of sulfonamides is 1. The molecule has 0 fully saturated rings. The van der Waals surface area contributed by atoms with Gasteiger partial charge in [-0.3, -0.25) is 0 Å². The average Bonchev–Trinajstić information content (AvgIpc) is 2.35. The number of aliphatic hydroxyl groups is 1. The first-order chi connectivity index (χ1) is 8.40. The molecule has 7 heteroatoms. The minimum atomic E-state index is -3.67. The molecule has 0 aromatic heterocycles. The Morgan fingerprint density at radius 3 is 2.72 bits per heavy atom. The Morgan fingerprint density at radius 2 is 2.17 bits per heavy atom. The molecule has 18 heavy (non-hydrogen) atoms. The maximum atomic E-state index is 12.0. The second-order valence-electron chi connectivity index (χ2n) is 4.05. The Morgan fingerprint density at radius 1 is 1.50 bits per heavy atom. The summed E-state index contributed by atoms with van der Waals surface area (Å²) in [5, 5.41) is 8.86. The van der Waals surface area contributed by atoms with Gasteiger partial charge in [0.15, 0.2) is 0 Å². The lowest BCUT2D eigenvalue weighted by atomic mass is 10.2. The summed E-state index contributed by atoms with van der Waals surface area (Å²) >= 11 is 0. The van der Waals surface area contributed by atoms with Crippen LogP contribution in [0.25, 0.3) is 0 Å². The smallest absolute Gasteiger partial charge is 0.244 e. The molecule has 0 amide bonds. The lowest BCUT2D eigenvalue weighted by molar-refractivity contribution is 0.238. The van der Waals surface area contributed by atoms with Crippen LogP contribution in [-0.2, 0) is 10.0 Å². The summed E-state index contributed by atoms with van der Waals surface area (Å²) in [6.07, 6.45) is 0. The van der Waals surface area contributed by atoms with E-state index in [-0.39, 0.29) is 29.7 Å². The number of ether oxygens (including phenoxy) is 1. The van der Waals surface area contributed by atoms with E-state index in [1.54, 1.807) is 6.92 Å². The van der Waals surface area contributed by atoms with E-state index in [4.69, 9.17) is 15.6 Å². The SMILES string of the molecule is COc1cc(N)ccc1S(=O)(=O)NCC(C)CO. The zero-order chi connectivity index (χ0) is 13.8. The summed E-state index contributed by atoms with van der Waals surface area (Å²) < 4.78 is 31.5. The first-order valence-electron chi connectivity index (χ1n) is 5.44. The molecule has 1 rings (SSSR count). The lowest BCUT2D eigenvalue weighted by Gasteiger charge is -2.13. The fourth-order valence-corrected chi connectivity index (χ4v) is 2.61. The first kappa shape index (κ1) is 14.7. The molecule has 1 aromatic rings. The van der Waals surface area contributed by atoms with Crippen LogP contribution < -0.4 is 15.2 Å². The number of nitrogens with two attached hydrogens (primary N) is 1. The second kappa shape index (κ2) is 6.03. The van der Waals surface area contributed by atoms with Crippen molar-refractivity contribution < 1.29 is 18.3 Å². The van der Waals surface area contributed by atoms with Crippen LogP contribution in [0.4, 0.5) is 5.69 Å². The molecule has 4 N–H and O–H groups in total. The number of aliphatic hydroxyl groups excluding tert-OH is 1. The van der Waals surface area contributed by atoms with Crippen molar-refractivity contribution in [3.05, 3.63) is 18.2 Å². The Bertz CT molecular complexity index is 502. The van der Waals surface area contributed by atoms with E-state index in [0.717, 1.165) is 0 Å². The van der Waals surface area contributed by atoms with Crippen LogP contribution in [0.5, 0.6) is 5.75 Å². The van der Waals surface area contributed by atoms with Gasteiger partial charge in [-0.2, -0.15) is 0 Å². The highest BCUT2D eigenvalue weighted by molar-refractivity contribution is 7.89. The number of hydrogen-bond donors (Lipinski definition) is 3. The summed E-state index contributed by atoms with van der Waals surface area (Å²) in [5.74, 6) is 0.0405. The molecule has 1 atom stereocenters. The monoisotopic (exact) mass is 274 g/mol. The standard InChI is InChI=1S/C11H18N2O4S/c1-8(7-14)6-13-18(15,16)11-4-3-9(12)5-10(11)17-2/h3-5,8,13-14H,6-7,12H2,1-2H3. The molecule has 0 aliphatic rings. The number of methoxy groups -OCH3 is 1. The number of nitrogens with one attached hydrogen (secondary N) is 1. The van der Waals surface area contributed by atoms with E-state index in [0.29, 0.717) is 5.69 Å². The molecule has 0 aliphatic carbocycles. The molecule has 1 unspecified atom stereocenters. The molecule has 102 valence electrons. The topological polar surface area (TPSA) is 102 Å². The van der Waals surface area contributed by atoms with Gasteiger partial charge in [0.25, 0.3) is 0 Å². The molecule has 0 saturated carbocycles. The highest BCUT2D eigenvalue weighted by Crippen LogP contribution is 2.25. The lowest BCUT2D eigenvalue weighted by Crippen LogP contribution is -2.30. The van der Waals surface area contributed by atoms with Crippen LogP contribution in [0.1, 0.15) is 6.92 Å². The number of anilines is 1. The van der Waals surface area contributed by atoms with Crippen LogP contribution in [0.15, 0.2) is 23.1 Å². The Labute approximate surface area is 107 Å². The number of nitrogen functional groups attached to an aromatic ring is 1. The van der Waals surface area contributed by atoms with Gasteiger partial charge in [0, 0.05) is 24.9 Å². The summed E-state index contributed by atoms with van der Waals surface area (Å²) in [6.45, 7) is 1.82. The molecule has 0 aliphatic heterocycles. The van der Waals surface area contributed by atoms with Gasteiger partial charge >= 0.3 is 0 Å². The quantitative estimate of drug-likeness (QED) is 0.642. The molecule has 0 radical (unpaired) electrons. The number of rotatable bonds is 6. The molecule has 6 nitrogen and oxygen atoms in total. The van der Waals surface area contributed by atoms with Crippen LogP contribution in [0, 0.1) is 5.92 Å². The highest BCUT2D eigenvalue weighted by atomic mass is 32.2. The van der Waals surface area contributed by atoms with E-state index >= 15 is 0 Å². The van der Waals surface area contributed by atoms with E-state index in [2.05, 4.69) is 4.72 Å². The van der Waals surface area contributed by atoms with Crippen molar-refractivity contribution in [1.82, 2.24) is 4.72 Å². The third-order valence-electron chi connectivity index (χ3n) is 2.41. The average molecular weight is 274 g/mol. The predicted octanol–water partition coefficient (Wildman–Crippen LogP) is 0.184. The van der Waals surface area contributed by atoms with E-state index in [1.807, 2.05) is 0 Å². The second-order valence-corrected chi connectivity index (χ2v) is 5.79. The van der Waals surface area contributed by atoms with Crippen molar-refractivity contribution in [3.8, 4) is 5.75 Å². The van der Waals surface area contributed by atoms with Crippen LogP contribution in [0.2, 0.25) is 0 Å². The fourth-order valence-electron chi connectivity index (χ4n) is 1.30. The van der Waals surface area contributed by atoms with E-state index in [9.17, 15) is 8.42 Å². The maximum Gasteiger partial charge on any atom is 0.244 e. The van der Waals surface area contributed by atoms with Gasteiger partial charge in [0.05, 0.1) is 7.11 Å². The zero-order valence-corrected chi connectivity index (χ0v) is 11.2. The summed E-state index contributed by atoms with van der Waals surface area (Å²) in [7, 11) is -2.29. The predicted molar refractivity (Wildman–Crippen MR) is 68.8 cm³/mol.